The molecule has 0 fully saturated rings. The number of hydrogen-bond donors (Lipinski definition) is 3. The summed E-state index contributed by atoms with van der Waals surface area (Å²) in [5, 5.41) is 13.2. The number of carbonyl (C=O) groups is 3. The summed E-state index contributed by atoms with van der Waals surface area (Å²) in [7, 11) is 0. The summed E-state index contributed by atoms with van der Waals surface area (Å²) in [6.45, 7) is 1.99. The van der Waals surface area contributed by atoms with Crippen LogP contribution in [0.4, 0.5) is 18.0 Å². The third-order valence-electron chi connectivity index (χ3n) is 6.28. The van der Waals surface area contributed by atoms with Crippen LogP contribution < -0.4 is 10.6 Å². The average molecular weight is 492 g/mol. The van der Waals surface area contributed by atoms with Crippen LogP contribution in [-0.4, -0.2) is 48.4 Å². The molecule has 35 heavy (non-hydrogen) atoms. The summed E-state index contributed by atoms with van der Waals surface area (Å²) in [5.74, 6) is -6.45. The van der Waals surface area contributed by atoms with Gasteiger partial charge in [0.1, 0.15) is 12.6 Å². The normalized spacial score (nSPS) is 15.3. The molecule has 0 aromatic heterocycles. The molecule has 7 nitrogen and oxygen atoms in total. The summed E-state index contributed by atoms with van der Waals surface area (Å²) in [6, 6.07) is 13.7. The van der Waals surface area contributed by atoms with E-state index in [1.165, 1.54) is 6.92 Å². The van der Waals surface area contributed by atoms with Crippen LogP contribution in [-0.2, 0) is 14.3 Å². The second-order valence-electron chi connectivity index (χ2n) is 8.51. The molecule has 0 aliphatic heterocycles. The number of halogens is 3. The topological polar surface area (TPSA) is 105 Å². The number of ether oxygens (including phenoxy) is 1. The van der Waals surface area contributed by atoms with E-state index in [0.29, 0.717) is 6.42 Å². The molecule has 2 aromatic carbocycles. The highest BCUT2D eigenvalue weighted by molar-refractivity contribution is 5.86. The smallest absolute Gasteiger partial charge is 0.407 e. The van der Waals surface area contributed by atoms with Crippen molar-refractivity contribution in [3.63, 3.8) is 0 Å². The van der Waals surface area contributed by atoms with Crippen molar-refractivity contribution in [1.82, 2.24) is 10.6 Å². The van der Waals surface area contributed by atoms with E-state index >= 15 is 0 Å². The first kappa shape index (κ1) is 26.1. The molecule has 0 spiro atoms. The molecule has 188 valence electrons. The van der Waals surface area contributed by atoms with E-state index in [9.17, 15) is 32.7 Å². The number of rotatable bonds is 9. The van der Waals surface area contributed by atoms with Crippen molar-refractivity contribution in [1.29, 1.82) is 0 Å². The van der Waals surface area contributed by atoms with Crippen LogP contribution in [0.1, 0.15) is 37.3 Å². The molecule has 1 unspecified atom stereocenters. The molecule has 10 heteroatoms. The molecule has 0 bridgehead atoms. The Kier molecular flexibility index (Phi) is 8.03. The lowest BCUT2D eigenvalue weighted by molar-refractivity contribution is -0.182. The maximum Gasteiger partial charge on any atom is 0.407 e. The number of alkyl halides is 3. The van der Waals surface area contributed by atoms with Crippen LogP contribution in [0, 0.1) is 11.8 Å². The molecule has 1 aliphatic rings. The molecule has 0 heterocycles. The van der Waals surface area contributed by atoms with E-state index in [1.54, 1.807) is 6.92 Å². The van der Waals surface area contributed by atoms with Crippen molar-refractivity contribution >= 4 is 18.0 Å². The van der Waals surface area contributed by atoms with Gasteiger partial charge in [-0.15, -0.1) is 0 Å². The standard InChI is InChI=1S/C25H27F3N2O5/c1-3-14(2)21(23(32)33)30-22(31)20(25(26,27)28)12-29-24(34)35-13-19-17-10-6-4-8-15(17)16-9-5-7-11-18(16)19/h4-11,14,19-21H,3,12-13H2,1-2H3,(H,29,34)(H,30,31)(H,32,33)/t14-,20?,21-/m0/s1. The molecule has 3 rings (SSSR count). The zero-order chi connectivity index (χ0) is 25.8. The van der Waals surface area contributed by atoms with E-state index < -0.39 is 48.6 Å². The molecular weight excluding hydrogens is 465 g/mol. The Hall–Kier alpha value is -3.56. The fraction of sp³-hybridized carbons (Fsp3) is 0.400. The summed E-state index contributed by atoms with van der Waals surface area (Å²) in [6.07, 6.45) is -5.77. The van der Waals surface area contributed by atoms with E-state index in [4.69, 9.17) is 4.74 Å². The predicted octanol–water partition coefficient (Wildman–Crippen LogP) is 4.32. The first-order valence-corrected chi connectivity index (χ1v) is 11.2. The van der Waals surface area contributed by atoms with Gasteiger partial charge in [0, 0.05) is 12.5 Å². The third-order valence-corrected chi connectivity index (χ3v) is 6.28. The van der Waals surface area contributed by atoms with Crippen LogP contribution in [0.3, 0.4) is 0 Å². The van der Waals surface area contributed by atoms with Crippen molar-refractivity contribution in [2.24, 2.45) is 11.8 Å². The van der Waals surface area contributed by atoms with Crippen molar-refractivity contribution in [3.05, 3.63) is 59.7 Å². The summed E-state index contributed by atoms with van der Waals surface area (Å²) >= 11 is 0. The van der Waals surface area contributed by atoms with Gasteiger partial charge in [-0.05, 0) is 28.2 Å². The number of benzene rings is 2. The Morgan fingerprint density at radius 2 is 1.57 bits per heavy atom. The summed E-state index contributed by atoms with van der Waals surface area (Å²) < 4.78 is 45.8. The highest BCUT2D eigenvalue weighted by Gasteiger charge is 2.46. The molecule has 0 saturated heterocycles. The predicted molar refractivity (Wildman–Crippen MR) is 122 cm³/mol. The third kappa shape index (κ3) is 5.93. The molecule has 3 N–H and O–H groups in total. The number of carbonyl (C=O) groups excluding carboxylic acids is 2. The second-order valence-corrected chi connectivity index (χ2v) is 8.51. The number of aliphatic carboxylic acids is 1. The maximum absolute atomic E-state index is 13.5. The van der Waals surface area contributed by atoms with Crippen LogP contribution in [0.15, 0.2) is 48.5 Å². The quantitative estimate of drug-likeness (QED) is 0.484. The van der Waals surface area contributed by atoms with Gasteiger partial charge in [0.2, 0.25) is 5.91 Å². The fourth-order valence-corrected chi connectivity index (χ4v) is 4.13. The minimum Gasteiger partial charge on any atom is -0.480 e. The van der Waals surface area contributed by atoms with Crippen molar-refractivity contribution in [3.8, 4) is 11.1 Å². The van der Waals surface area contributed by atoms with Gasteiger partial charge in [-0.1, -0.05) is 68.8 Å². The number of carboxylic acids is 1. The van der Waals surface area contributed by atoms with E-state index in [0.717, 1.165) is 22.3 Å². The highest BCUT2D eigenvalue weighted by Crippen LogP contribution is 2.44. The molecule has 0 saturated carbocycles. The van der Waals surface area contributed by atoms with Gasteiger partial charge in [0.05, 0.1) is 0 Å². The molecule has 2 aromatic rings. The number of alkyl carbamates (subject to hydrolysis) is 1. The van der Waals surface area contributed by atoms with Gasteiger partial charge in [-0.2, -0.15) is 13.2 Å². The number of carboxylic acid groups (broad SMARTS) is 1. The van der Waals surface area contributed by atoms with Gasteiger partial charge < -0.3 is 20.5 Å². The molecular formula is C25H27F3N2O5. The van der Waals surface area contributed by atoms with E-state index in [-0.39, 0.29) is 12.5 Å². The Bertz CT molecular complexity index is 1040. The maximum atomic E-state index is 13.5. The monoisotopic (exact) mass is 492 g/mol. The van der Waals surface area contributed by atoms with Crippen LogP contribution >= 0.6 is 0 Å². The van der Waals surface area contributed by atoms with Gasteiger partial charge >= 0.3 is 18.2 Å². The number of fused-ring (bicyclic) bond motifs is 3. The van der Waals surface area contributed by atoms with Crippen LogP contribution in [0.5, 0.6) is 0 Å². The molecule has 3 atom stereocenters. The zero-order valence-electron chi connectivity index (χ0n) is 19.3. The SMILES string of the molecule is CC[C@H](C)[C@H](NC(=O)C(CNC(=O)OCC1c2ccccc2-c2ccccc21)C(F)(F)F)C(=O)O. The highest BCUT2D eigenvalue weighted by atomic mass is 19.4. The molecule has 0 radical (unpaired) electrons. The van der Waals surface area contributed by atoms with Gasteiger partial charge in [-0.3, -0.25) is 4.79 Å². The first-order valence-electron chi connectivity index (χ1n) is 11.2. The van der Waals surface area contributed by atoms with Crippen LogP contribution in [0.2, 0.25) is 0 Å². The minimum absolute atomic E-state index is 0.0994. The number of hydrogen-bond acceptors (Lipinski definition) is 4. The Balaban J connectivity index is 1.63. The Morgan fingerprint density at radius 1 is 1.03 bits per heavy atom. The lowest BCUT2D eigenvalue weighted by atomic mass is 9.98. The van der Waals surface area contributed by atoms with Crippen LogP contribution in [0.25, 0.3) is 11.1 Å². The second kappa shape index (κ2) is 10.8. The Morgan fingerprint density at radius 3 is 2.06 bits per heavy atom. The van der Waals surface area contributed by atoms with Crippen molar-refractivity contribution in [2.75, 3.05) is 13.2 Å². The van der Waals surface area contributed by atoms with Gasteiger partial charge in [0.25, 0.3) is 0 Å². The van der Waals surface area contributed by atoms with Crippen molar-refractivity contribution < 1.29 is 37.4 Å². The van der Waals surface area contributed by atoms with E-state index in [1.807, 2.05) is 59.2 Å². The zero-order valence-corrected chi connectivity index (χ0v) is 19.3. The summed E-state index contributed by atoms with van der Waals surface area (Å²) in [4.78, 5) is 35.9. The average Bonchev–Trinajstić information content (AvgIpc) is 3.13. The molecule has 2 amide bonds. The number of nitrogens with one attached hydrogen (secondary N) is 2. The van der Waals surface area contributed by atoms with Gasteiger partial charge in [-0.25, -0.2) is 9.59 Å². The Labute approximate surface area is 200 Å². The van der Waals surface area contributed by atoms with E-state index in [2.05, 4.69) is 0 Å². The molecule has 1 aliphatic carbocycles. The van der Waals surface area contributed by atoms with Gasteiger partial charge in [0.15, 0.2) is 5.92 Å². The lowest BCUT2D eigenvalue weighted by Gasteiger charge is -2.25. The lowest BCUT2D eigenvalue weighted by Crippen LogP contribution is -2.52. The number of amides is 2. The summed E-state index contributed by atoms with van der Waals surface area (Å²) in [5.41, 5.74) is 3.89. The first-order chi connectivity index (χ1) is 16.5. The fourth-order valence-electron chi connectivity index (χ4n) is 4.13. The minimum atomic E-state index is -5.00. The van der Waals surface area contributed by atoms with Crippen molar-refractivity contribution in [2.45, 2.75) is 38.4 Å². The largest absolute Gasteiger partial charge is 0.480 e.